The summed E-state index contributed by atoms with van der Waals surface area (Å²) in [6, 6.07) is 11.4. The molecule has 0 bridgehead atoms. The fraction of sp³-hybridized carbons (Fsp3) is 0.167. The second-order valence-corrected chi connectivity index (χ2v) is 5.55. The zero-order valence-electron chi connectivity index (χ0n) is 13.8. The highest BCUT2D eigenvalue weighted by Gasteiger charge is 2.17. The Balaban J connectivity index is 2.07. The van der Waals surface area contributed by atoms with E-state index < -0.39 is 17.8 Å². The number of hydrogen-bond acceptors (Lipinski definition) is 4. The van der Waals surface area contributed by atoms with Gasteiger partial charge < -0.3 is 15.4 Å². The van der Waals surface area contributed by atoms with Gasteiger partial charge in [-0.05, 0) is 42.3 Å². The molecule has 0 fully saturated rings. The molecule has 0 aromatic heterocycles. The molecule has 0 aliphatic carbocycles. The van der Waals surface area contributed by atoms with Gasteiger partial charge in [-0.15, -0.1) is 0 Å². The normalized spacial score (nSPS) is 10.0. The standard InChI is InChI=1S/C18H17ClN2O4/c1-3-11-4-7-13(8-5-11)20-16(22)17(23)21-15-10-12(18(24)25-2)6-9-14(15)19/h4-10H,3H2,1-2H3,(H,20,22)(H,21,23). The number of aryl methyl sites for hydroxylation is 1. The van der Waals surface area contributed by atoms with E-state index in [0.717, 1.165) is 12.0 Å². The number of hydrogen-bond donors (Lipinski definition) is 2. The number of amides is 2. The molecule has 0 unspecified atom stereocenters. The van der Waals surface area contributed by atoms with Gasteiger partial charge in [0.15, 0.2) is 0 Å². The van der Waals surface area contributed by atoms with Crippen molar-refractivity contribution in [3.05, 3.63) is 58.6 Å². The van der Waals surface area contributed by atoms with Crippen LogP contribution >= 0.6 is 11.6 Å². The first-order chi connectivity index (χ1) is 11.9. The summed E-state index contributed by atoms with van der Waals surface area (Å²) < 4.78 is 4.61. The maximum absolute atomic E-state index is 12.0. The molecule has 2 aromatic carbocycles. The third kappa shape index (κ3) is 4.81. The first kappa shape index (κ1) is 18.5. The van der Waals surface area contributed by atoms with Crippen molar-refractivity contribution in [2.45, 2.75) is 13.3 Å². The van der Waals surface area contributed by atoms with Gasteiger partial charge in [-0.2, -0.15) is 0 Å². The number of methoxy groups -OCH3 is 1. The van der Waals surface area contributed by atoms with Crippen LogP contribution in [0.15, 0.2) is 42.5 Å². The van der Waals surface area contributed by atoms with Gasteiger partial charge in [0.2, 0.25) is 0 Å². The fourth-order valence-corrected chi connectivity index (χ4v) is 2.22. The van der Waals surface area contributed by atoms with E-state index in [1.54, 1.807) is 12.1 Å². The van der Waals surface area contributed by atoms with Gasteiger partial charge in [-0.3, -0.25) is 9.59 Å². The minimum Gasteiger partial charge on any atom is -0.465 e. The number of nitrogens with one attached hydrogen (secondary N) is 2. The average Bonchev–Trinajstić information content (AvgIpc) is 2.63. The van der Waals surface area contributed by atoms with Gasteiger partial charge in [0.1, 0.15) is 0 Å². The number of rotatable bonds is 4. The first-order valence-corrected chi connectivity index (χ1v) is 7.91. The SMILES string of the molecule is CCc1ccc(NC(=O)C(=O)Nc2cc(C(=O)OC)ccc2Cl)cc1. The van der Waals surface area contributed by atoms with Crippen molar-refractivity contribution in [3.63, 3.8) is 0 Å². The maximum Gasteiger partial charge on any atom is 0.337 e. The number of halogens is 1. The van der Waals surface area contributed by atoms with Crippen molar-refractivity contribution < 1.29 is 19.1 Å². The summed E-state index contributed by atoms with van der Waals surface area (Å²) in [6.07, 6.45) is 0.879. The smallest absolute Gasteiger partial charge is 0.337 e. The summed E-state index contributed by atoms with van der Waals surface area (Å²) in [7, 11) is 1.24. The third-order valence-electron chi connectivity index (χ3n) is 3.46. The molecule has 6 nitrogen and oxygen atoms in total. The topological polar surface area (TPSA) is 84.5 Å². The number of carbonyl (C=O) groups excluding carboxylic acids is 3. The Hall–Kier alpha value is -2.86. The number of esters is 1. The van der Waals surface area contributed by atoms with Crippen molar-refractivity contribution in [2.24, 2.45) is 0 Å². The van der Waals surface area contributed by atoms with Crippen LogP contribution in [0.2, 0.25) is 5.02 Å². The minimum absolute atomic E-state index is 0.144. The maximum atomic E-state index is 12.0. The van der Waals surface area contributed by atoms with Crippen molar-refractivity contribution >= 4 is 40.8 Å². The second kappa shape index (κ2) is 8.30. The van der Waals surface area contributed by atoms with Crippen LogP contribution in [-0.4, -0.2) is 24.9 Å². The molecule has 0 saturated heterocycles. The predicted octanol–water partition coefficient (Wildman–Crippen LogP) is 3.27. The van der Waals surface area contributed by atoms with Crippen LogP contribution in [-0.2, 0) is 20.7 Å². The molecule has 2 N–H and O–H groups in total. The monoisotopic (exact) mass is 360 g/mol. The highest BCUT2D eigenvalue weighted by molar-refractivity contribution is 6.44. The van der Waals surface area contributed by atoms with E-state index in [-0.39, 0.29) is 16.3 Å². The van der Waals surface area contributed by atoms with Crippen LogP contribution in [0.25, 0.3) is 0 Å². The summed E-state index contributed by atoms with van der Waals surface area (Å²) >= 11 is 5.99. The summed E-state index contributed by atoms with van der Waals surface area (Å²) in [5, 5.41) is 5.07. The summed E-state index contributed by atoms with van der Waals surface area (Å²) in [5.74, 6) is -2.32. The van der Waals surface area contributed by atoms with E-state index in [1.807, 2.05) is 19.1 Å². The molecule has 0 aliphatic rings. The van der Waals surface area contributed by atoms with Gasteiger partial charge in [0, 0.05) is 5.69 Å². The van der Waals surface area contributed by atoms with Gasteiger partial charge in [-0.1, -0.05) is 30.7 Å². The van der Waals surface area contributed by atoms with Crippen LogP contribution in [0.1, 0.15) is 22.8 Å². The Morgan fingerprint density at radius 3 is 2.24 bits per heavy atom. The molecule has 0 heterocycles. The van der Waals surface area contributed by atoms with Gasteiger partial charge in [-0.25, -0.2) is 4.79 Å². The molecule has 130 valence electrons. The molecular weight excluding hydrogens is 344 g/mol. The Kier molecular flexibility index (Phi) is 6.14. The summed E-state index contributed by atoms with van der Waals surface area (Å²) in [5.41, 5.74) is 1.98. The van der Waals surface area contributed by atoms with E-state index in [4.69, 9.17) is 11.6 Å². The van der Waals surface area contributed by atoms with Gasteiger partial charge >= 0.3 is 17.8 Å². The van der Waals surface area contributed by atoms with Gasteiger partial charge in [0.05, 0.1) is 23.4 Å². The highest BCUT2D eigenvalue weighted by atomic mass is 35.5. The second-order valence-electron chi connectivity index (χ2n) is 5.14. The zero-order valence-corrected chi connectivity index (χ0v) is 14.5. The quantitative estimate of drug-likeness (QED) is 0.647. The molecule has 0 atom stereocenters. The fourth-order valence-electron chi connectivity index (χ4n) is 2.06. The molecule has 0 spiro atoms. The molecule has 7 heteroatoms. The van der Waals surface area contributed by atoms with Crippen molar-refractivity contribution in [3.8, 4) is 0 Å². The molecule has 2 aromatic rings. The number of anilines is 2. The van der Waals surface area contributed by atoms with Crippen molar-refractivity contribution in [1.29, 1.82) is 0 Å². The lowest BCUT2D eigenvalue weighted by Crippen LogP contribution is -2.29. The first-order valence-electron chi connectivity index (χ1n) is 7.53. The van der Waals surface area contributed by atoms with Crippen molar-refractivity contribution in [2.75, 3.05) is 17.7 Å². The van der Waals surface area contributed by atoms with Crippen LogP contribution in [0.4, 0.5) is 11.4 Å². The van der Waals surface area contributed by atoms with E-state index in [9.17, 15) is 14.4 Å². The number of carbonyl (C=O) groups is 3. The number of ether oxygens (including phenoxy) is 1. The van der Waals surface area contributed by atoms with E-state index in [1.165, 1.54) is 25.3 Å². The van der Waals surface area contributed by atoms with E-state index in [0.29, 0.717) is 5.69 Å². The predicted molar refractivity (Wildman–Crippen MR) is 95.9 cm³/mol. The molecule has 0 aliphatic heterocycles. The summed E-state index contributed by atoms with van der Waals surface area (Å²) in [4.78, 5) is 35.6. The lowest BCUT2D eigenvalue weighted by atomic mass is 10.1. The molecule has 25 heavy (non-hydrogen) atoms. The Morgan fingerprint density at radius 2 is 1.64 bits per heavy atom. The molecule has 2 rings (SSSR count). The van der Waals surface area contributed by atoms with Crippen LogP contribution in [0, 0.1) is 0 Å². The number of benzene rings is 2. The van der Waals surface area contributed by atoms with E-state index >= 15 is 0 Å². The Bertz CT molecular complexity index is 803. The van der Waals surface area contributed by atoms with Gasteiger partial charge in [0.25, 0.3) is 0 Å². The molecule has 0 radical (unpaired) electrons. The van der Waals surface area contributed by atoms with E-state index in [2.05, 4.69) is 15.4 Å². The van der Waals surface area contributed by atoms with Crippen LogP contribution in [0.5, 0.6) is 0 Å². The van der Waals surface area contributed by atoms with Crippen LogP contribution < -0.4 is 10.6 Å². The Labute approximate surface area is 150 Å². The molecule has 0 saturated carbocycles. The lowest BCUT2D eigenvalue weighted by molar-refractivity contribution is -0.132. The Morgan fingerprint density at radius 1 is 1.00 bits per heavy atom. The highest BCUT2D eigenvalue weighted by Crippen LogP contribution is 2.23. The summed E-state index contributed by atoms with van der Waals surface area (Å²) in [6.45, 7) is 2.02. The zero-order chi connectivity index (χ0) is 18.4. The lowest BCUT2D eigenvalue weighted by Gasteiger charge is -2.09. The third-order valence-corrected chi connectivity index (χ3v) is 3.79. The average molecular weight is 361 g/mol. The molecule has 2 amide bonds. The van der Waals surface area contributed by atoms with Crippen molar-refractivity contribution in [1.82, 2.24) is 0 Å². The van der Waals surface area contributed by atoms with Crippen LogP contribution in [0.3, 0.4) is 0 Å². The molecular formula is C18H17ClN2O4. The largest absolute Gasteiger partial charge is 0.465 e. The minimum atomic E-state index is -0.900.